The van der Waals surface area contributed by atoms with Gasteiger partial charge < -0.3 is 24.7 Å². The third-order valence-corrected chi connectivity index (χ3v) is 16.0. The van der Waals surface area contributed by atoms with Crippen LogP contribution < -0.4 is 9.80 Å². The van der Waals surface area contributed by atoms with Gasteiger partial charge in [0.2, 0.25) is 0 Å². The smallest absolute Gasteiger partial charge is 0.393 e. The van der Waals surface area contributed by atoms with Gasteiger partial charge in [-0.25, -0.2) is 34.5 Å². The van der Waals surface area contributed by atoms with Crippen LogP contribution in [0.4, 0.5) is 38.0 Å². The van der Waals surface area contributed by atoms with E-state index in [1.54, 1.807) is 26.0 Å². The van der Waals surface area contributed by atoms with Crippen molar-refractivity contribution in [3.05, 3.63) is 125 Å². The molecule has 8 heterocycles. The number of carbonyl (C=O) groups excluding carboxylic acids is 4. The van der Waals surface area contributed by atoms with Gasteiger partial charge in [-0.1, -0.05) is 37.0 Å². The Labute approximate surface area is 501 Å². The Morgan fingerprint density at radius 3 is 1.35 bits per heavy atom. The molecule has 0 radical (unpaired) electrons. The Bertz CT molecular complexity index is 3380. The molecule has 448 valence electrons. The van der Waals surface area contributed by atoms with Crippen LogP contribution in [0.15, 0.2) is 61.7 Å². The fraction of sp³-hybridized carbons (Fsp3) is 0.417. The van der Waals surface area contributed by atoms with Gasteiger partial charge in [-0.15, -0.1) is 22.7 Å². The van der Waals surface area contributed by atoms with E-state index in [-0.39, 0.29) is 87.7 Å². The van der Waals surface area contributed by atoms with Crippen molar-refractivity contribution < 1.29 is 74.1 Å². The summed E-state index contributed by atoms with van der Waals surface area (Å²) in [4.78, 5) is 106. The minimum Gasteiger partial charge on any atom is -0.393 e. The highest BCUT2D eigenvalue weighted by Gasteiger charge is 2.36. The predicted molar refractivity (Wildman–Crippen MR) is 299 cm³/mol. The number of carbonyl (C=O) groups is 4. The Kier molecular flexibility index (Phi) is 23.7. The number of Topliss-reactive ketones (excluding diaryl/α,β-unsaturated/α-hetero) is 4. The van der Waals surface area contributed by atoms with Crippen molar-refractivity contribution in [2.75, 3.05) is 36.0 Å². The van der Waals surface area contributed by atoms with Crippen molar-refractivity contribution in [2.24, 2.45) is 0 Å². The van der Waals surface area contributed by atoms with Crippen molar-refractivity contribution in [2.45, 2.75) is 102 Å². The number of aromatic nitrogens is 8. The van der Waals surface area contributed by atoms with Gasteiger partial charge in [-0.05, 0) is 71.5 Å². The third kappa shape index (κ3) is 21.1. The lowest BCUT2D eigenvalue weighted by Gasteiger charge is -2.32. The van der Waals surface area contributed by atoms with Gasteiger partial charge in [-0.3, -0.25) is 38.2 Å². The van der Waals surface area contributed by atoms with E-state index in [4.69, 9.17) is 37.5 Å². The van der Waals surface area contributed by atoms with Crippen LogP contribution in [-0.2, 0) is 38.8 Å². The van der Waals surface area contributed by atoms with Crippen LogP contribution >= 0.6 is 92.6 Å². The highest BCUT2D eigenvalue weighted by atomic mass is 36.0. The van der Waals surface area contributed by atoms with Gasteiger partial charge in [0.05, 0.1) is 66.0 Å². The summed E-state index contributed by atoms with van der Waals surface area (Å²) in [6.07, 6.45) is -1.78. The van der Waals surface area contributed by atoms with Gasteiger partial charge in [0.25, 0.3) is 0 Å². The zero-order chi connectivity index (χ0) is 61.2. The molecule has 20 nitrogen and oxygen atoms in total. The van der Waals surface area contributed by atoms with E-state index >= 15 is 0 Å². The molecule has 6 aromatic heterocycles. The maximum Gasteiger partial charge on any atom is 0.469 e. The number of ketones is 4. The van der Waals surface area contributed by atoms with E-state index in [0.717, 1.165) is 47.2 Å². The van der Waals surface area contributed by atoms with E-state index in [1.807, 2.05) is 9.80 Å². The number of hydrogen-bond donors (Lipinski definition) is 3. The maximum atomic E-state index is 13.1. The highest BCUT2D eigenvalue weighted by molar-refractivity contribution is 8.24. The summed E-state index contributed by atoms with van der Waals surface area (Å²) in [7, 11) is -4.57. The van der Waals surface area contributed by atoms with Crippen molar-refractivity contribution in [1.82, 2.24) is 39.9 Å². The number of phosphoric acid groups is 1. The van der Waals surface area contributed by atoms with E-state index in [2.05, 4.69) is 73.6 Å². The first-order chi connectivity index (χ1) is 38.7. The molecule has 2 saturated heterocycles. The number of nitrogens with zero attached hydrogens (tertiary/aromatic N) is 10. The fourth-order valence-corrected chi connectivity index (χ4v) is 11.0. The van der Waals surface area contributed by atoms with Crippen LogP contribution in [-0.4, -0.2) is 116 Å². The van der Waals surface area contributed by atoms with E-state index in [9.17, 15) is 59.8 Å². The Morgan fingerprint density at radius 1 is 0.614 bits per heavy atom. The van der Waals surface area contributed by atoms with E-state index < -0.39 is 64.2 Å². The summed E-state index contributed by atoms with van der Waals surface area (Å²) in [5.41, 5.74) is -1.80. The molecule has 2 aliphatic rings. The number of phosphoric ester groups is 1. The van der Waals surface area contributed by atoms with Crippen molar-refractivity contribution >= 4 is 127 Å². The number of hydrogen-bond acceptors (Lipinski definition) is 20. The standard InChI is InChI=1S/C24H24ClF3N5O6PS.C24H23ClF3N5O3S.Cl3OP/c1-13(23-30-11-21(41-23)20(35)8-14-7-16(24(26,27)28)17(25)10-29-14)6-19(34)18-9-22(32-12-31-18)33-4-2-15(3-5-33)39-40(36,37)38;1-13(6-19(35)18-9-22(32-12-31-18)33-4-2-15(34)3-5-33)23-30-11-21(37-23)20(36)8-14-7-16(24(26,27)28)17(25)10-29-14;1-5(2,3)4/h7,9-13,15H,2-6,8H2,1H3,(H2,36,37,38);7,9-13,15,34H,2-6,8H2,1H3;/t2*13-;/m00./s1. The number of alkyl halides is 6. The topological polar surface area (TPSA) is 282 Å². The minimum atomic E-state index is -4.68. The van der Waals surface area contributed by atoms with Crippen molar-refractivity contribution in [3.8, 4) is 0 Å². The third-order valence-electron chi connectivity index (χ3n) is 12.3. The van der Waals surface area contributed by atoms with E-state index in [1.165, 1.54) is 25.0 Å². The van der Waals surface area contributed by atoms with Gasteiger partial charge >= 0.3 is 25.4 Å². The van der Waals surface area contributed by atoms with Crippen LogP contribution in [0.2, 0.25) is 10.0 Å². The summed E-state index contributed by atoms with van der Waals surface area (Å²) in [6, 6.07) is 4.70. The molecule has 0 amide bonds. The molecule has 0 aromatic carbocycles. The predicted octanol–water partition coefficient (Wildman–Crippen LogP) is 12.5. The number of anilines is 2. The lowest BCUT2D eigenvalue weighted by Crippen LogP contribution is -2.37. The van der Waals surface area contributed by atoms with E-state index in [0.29, 0.717) is 73.5 Å². The quantitative estimate of drug-likeness (QED) is 0.0409. The first-order valence-corrected chi connectivity index (χ1v) is 32.8. The molecule has 0 aliphatic carbocycles. The fourth-order valence-electron chi connectivity index (χ4n) is 8.15. The number of halogens is 11. The molecule has 6 aromatic rings. The molecule has 8 rings (SSSR count). The average Bonchev–Trinajstić information content (AvgIpc) is 4.25. The normalized spacial score (nSPS) is 15.4. The SMILES string of the molecule is C[C@@H](CC(=O)c1cc(N2CCC(O)CC2)ncn1)c1ncc(C(=O)Cc2cc(C(F)(F)F)c(Cl)cn2)s1.C[C@@H](CC(=O)c1cc(N2CCC(OP(=O)(O)O)CC2)ncn1)c1ncc(C(=O)Cc2cc(C(F)(F)F)c(Cl)cn2)s1.O=P(Cl)(Cl)Cl. The maximum absolute atomic E-state index is 13.1. The second-order valence-electron chi connectivity index (χ2n) is 18.6. The highest BCUT2D eigenvalue weighted by Crippen LogP contribution is 2.61. The lowest BCUT2D eigenvalue weighted by atomic mass is 10.0. The Balaban J connectivity index is 0.000000247. The summed E-state index contributed by atoms with van der Waals surface area (Å²) in [5.74, 6) is -0.952. The molecule has 0 saturated carbocycles. The van der Waals surface area contributed by atoms with Crippen LogP contribution in [0.3, 0.4) is 0 Å². The summed E-state index contributed by atoms with van der Waals surface area (Å²) in [6.45, 7) is 5.68. The van der Waals surface area contributed by atoms with Gasteiger partial charge in [0, 0.05) is 99.2 Å². The van der Waals surface area contributed by atoms with Crippen LogP contribution in [0, 0.1) is 0 Å². The Morgan fingerprint density at radius 2 is 0.988 bits per heavy atom. The largest absolute Gasteiger partial charge is 0.469 e. The van der Waals surface area contributed by atoms with Crippen molar-refractivity contribution in [1.29, 1.82) is 0 Å². The van der Waals surface area contributed by atoms with Crippen molar-refractivity contribution in [3.63, 3.8) is 0 Å². The summed E-state index contributed by atoms with van der Waals surface area (Å²) >= 11 is 27.2. The number of thiazole rings is 2. The number of rotatable bonds is 18. The molecule has 83 heavy (non-hydrogen) atoms. The zero-order valence-corrected chi connectivity index (χ0v) is 50.3. The molecule has 0 spiro atoms. The summed E-state index contributed by atoms with van der Waals surface area (Å²) < 4.78 is 104. The number of piperidine rings is 2. The molecular formula is C48H47Cl5F6N10O10P2S2. The lowest BCUT2D eigenvalue weighted by molar-refractivity contribution is -0.138. The van der Waals surface area contributed by atoms with Crippen LogP contribution in [0.25, 0.3) is 0 Å². The zero-order valence-electron chi connectivity index (χ0n) is 43.1. The minimum absolute atomic E-state index is 0.0312. The number of aliphatic hydroxyl groups is 1. The summed E-state index contributed by atoms with van der Waals surface area (Å²) in [5, 5.41) is 6.44. The van der Waals surface area contributed by atoms with Gasteiger partial charge in [0.1, 0.15) is 35.7 Å². The molecule has 2 fully saturated rings. The first kappa shape index (κ1) is 67.5. The molecule has 35 heteroatoms. The molecule has 0 bridgehead atoms. The van der Waals surface area contributed by atoms with Gasteiger partial charge in [-0.2, -0.15) is 26.3 Å². The Hall–Kier alpha value is -4.67. The average molecular weight is 1340 g/mol. The van der Waals surface area contributed by atoms with Gasteiger partial charge in [0.15, 0.2) is 23.1 Å². The monoisotopic (exact) mass is 1340 g/mol. The number of aliphatic hydroxyl groups excluding tert-OH is 1. The van der Waals surface area contributed by atoms with Crippen LogP contribution in [0.5, 0.6) is 0 Å². The second kappa shape index (κ2) is 29.1. The molecule has 0 unspecified atom stereocenters. The molecule has 2 aliphatic heterocycles. The number of pyridine rings is 2. The first-order valence-electron chi connectivity index (χ1n) is 24.4. The molecular weight excluding hydrogens is 1290 g/mol. The molecule has 3 N–H and O–H groups in total. The molecule has 2 atom stereocenters. The van der Waals surface area contributed by atoms with Crippen LogP contribution in [0.1, 0.15) is 137 Å². The second-order valence-corrected chi connectivity index (χ2v) is 29.4.